The Balaban J connectivity index is 0.000000427. The standard InChI is InChI=1S/C9H13N2O4P.2C8H12N3O4P.C7H11N4O4P/c1-6(12)9(10)4-7-2-3-8(5-11-7)16(13,14)15;1-5(12)7(9)2-8-10-3-6(4-11-8)16(13,14)15;1-5(12)7(9)2-6-3-11-8(4-10-6)16(13,14)15;1-4(12)5(8)2-6-9-3-7(11-10-6)16(13,14)15/h2-3,5,9H,4,10H2,1H3,(H2,13,14,15);2*3-4,7H,2,9H2,1H3,(H2,13,14,15);3,5H,2,8H2,1H3,(H2,13,14,15)/t9-;2*7-;5-/m0000/s1. The van der Waals surface area contributed by atoms with Crippen molar-refractivity contribution in [3.8, 4) is 0 Å². The van der Waals surface area contributed by atoms with Crippen LogP contribution in [-0.2, 0) is 63.1 Å². The Kier molecular flexibility index (Phi) is 22.6. The second-order valence-electron chi connectivity index (χ2n) is 13.3. The molecule has 4 heterocycles. The number of carbonyl (C=O) groups excluding carboxylic acids is 4. The molecule has 4 rings (SSSR count). The van der Waals surface area contributed by atoms with E-state index in [-0.39, 0.29) is 71.1 Å². The van der Waals surface area contributed by atoms with Crippen LogP contribution in [0, 0.1) is 0 Å². The maximum Gasteiger partial charge on any atom is 0.377 e. The van der Waals surface area contributed by atoms with Crippen LogP contribution < -0.4 is 44.4 Å². The molecule has 28 nitrogen and oxygen atoms in total. The van der Waals surface area contributed by atoms with Gasteiger partial charge in [0.1, 0.15) is 34.3 Å². The lowest BCUT2D eigenvalue weighted by Gasteiger charge is -2.08. The van der Waals surface area contributed by atoms with Crippen LogP contribution in [-0.4, -0.2) is 127 Å². The fraction of sp³-hybridized carbons (Fsp3) is 0.375. The molecule has 32 heteroatoms. The maximum atomic E-state index is 10.9. The van der Waals surface area contributed by atoms with Gasteiger partial charge in [-0.3, -0.25) is 47.4 Å². The van der Waals surface area contributed by atoms with Gasteiger partial charge in [0.05, 0.1) is 47.6 Å². The first kappa shape index (κ1) is 57.5. The van der Waals surface area contributed by atoms with Crippen molar-refractivity contribution in [2.24, 2.45) is 22.9 Å². The first-order chi connectivity index (χ1) is 29.2. The predicted molar refractivity (Wildman–Crippen MR) is 224 cm³/mol. The summed E-state index contributed by atoms with van der Waals surface area (Å²) in [5.74, 6) is -0.299. The molecule has 0 saturated carbocycles. The van der Waals surface area contributed by atoms with Gasteiger partial charge in [0, 0.05) is 56.2 Å². The lowest BCUT2D eigenvalue weighted by atomic mass is 10.1. The number of hydrogen-bond donors (Lipinski definition) is 12. The fourth-order valence-corrected chi connectivity index (χ4v) is 5.53. The van der Waals surface area contributed by atoms with E-state index >= 15 is 0 Å². The van der Waals surface area contributed by atoms with Crippen molar-refractivity contribution >= 4 is 75.0 Å². The molecule has 0 saturated heterocycles. The zero-order valence-electron chi connectivity index (χ0n) is 34.3. The summed E-state index contributed by atoms with van der Waals surface area (Å²) in [6, 6.07) is 0.0138. The second kappa shape index (κ2) is 25.2. The van der Waals surface area contributed by atoms with E-state index in [0.717, 1.165) is 31.0 Å². The van der Waals surface area contributed by atoms with E-state index in [1.54, 1.807) is 0 Å². The largest absolute Gasteiger partial charge is 0.377 e. The molecule has 0 spiro atoms. The minimum atomic E-state index is -4.43. The molecule has 4 atom stereocenters. The van der Waals surface area contributed by atoms with E-state index in [0.29, 0.717) is 11.4 Å². The van der Waals surface area contributed by atoms with Crippen molar-refractivity contribution in [1.82, 2.24) is 40.1 Å². The SMILES string of the molecule is CC(=O)[C@@H](N)Cc1ccc(P(=O)(O)O)cn1.CC(=O)[C@@H](N)Cc1cnc(P(=O)(O)O)cn1.CC(=O)[C@@H](N)Cc1ncc(P(=O)(O)O)cn1.CC(=O)[C@@H](N)Cc1ncc(P(=O)(O)O)nn1. The van der Waals surface area contributed by atoms with Crippen molar-refractivity contribution < 1.29 is 76.6 Å². The Morgan fingerprint density at radius 3 is 1.16 bits per heavy atom. The molecule has 0 fully saturated rings. The average Bonchev–Trinajstić information content (AvgIpc) is 3.18. The normalized spacial score (nSPS) is 13.5. The summed E-state index contributed by atoms with van der Waals surface area (Å²) in [4.78, 5) is 136. The van der Waals surface area contributed by atoms with E-state index in [9.17, 15) is 37.4 Å². The molecule has 0 aliphatic heterocycles. The molecule has 0 aromatic carbocycles. The van der Waals surface area contributed by atoms with Crippen LogP contribution >= 0.6 is 30.4 Å². The van der Waals surface area contributed by atoms with Gasteiger partial charge in [-0.2, -0.15) is 0 Å². The van der Waals surface area contributed by atoms with Gasteiger partial charge >= 0.3 is 30.4 Å². The van der Waals surface area contributed by atoms with E-state index < -0.39 is 65.4 Å². The van der Waals surface area contributed by atoms with Crippen molar-refractivity contribution in [1.29, 1.82) is 0 Å². The van der Waals surface area contributed by atoms with Gasteiger partial charge in [0.25, 0.3) is 0 Å². The number of carbonyl (C=O) groups is 4. The number of hydrogen-bond acceptors (Lipinski definition) is 20. The monoisotopic (exact) mass is 980 g/mol. The van der Waals surface area contributed by atoms with Crippen molar-refractivity contribution in [3.05, 3.63) is 72.4 Å². The highest BCUT2D eigenvalue weighted by atomic mass is 31.2. The third kappa shape index (κ3) is 21.9. The molecule has 0 aliphatic rings. The zero-order valence-corrected chi connectivity index (χ0v) is 37.9. The molecule has 0 aliphatic carbocycles. The summed E-state index contributed by atoms with van der Waals surface area (Å²) in [5, 5.41) is 6.40. The molecule has 0 bridgehead atoms. The lowest BCUT2D eigenvalue weighted by molar-refractivity contribution is -0.119. The quantitative estimate of drug-likeness (QED) is 0.0468. The Hall–Kier alpha value is -4.56. The smallest absolute Gasteiger partial charge is 0.321 e. The van der Waals surface area contributed by atoms with Crippen molar-refractivity contribution in [3.63, 3.8) is 0 Å². The fourth-order valence-electron chi connectivity index (χ4n) is 3.86. The summed E-state index contributed by atoms with van der Waals surface area (Å²) in [6.45, 7) is 5.44. The van der Waals surface area contributed by atoms with Crippen LogP contribution in [0.4, 0.5) is 0 Å². The minimum Gasteiger partial charge on any atom is -0.321 e. The first-order valence-electron chi connectivity index (χ1n) is 17.8. The van der Waals surface area contributed by atoms with E-state index in [2.05, 4.69) is 40.1 Å². The summed E-state index contributed by atoms with van der Waals surface area (Å²) < 4.78 is 43.2. The van der Waals surface area contributed by atoms with Crippen LogP contribution in [0.2, 0.25) is 0 Å². The topological polar surface area (TPSA) is 506 Å². The predicted octanol–water partition coefficient (Wildman–Crippen LogP) is -5.05. The van der Waals surface area contributed by atoms with E-state index in [1.807, 2.05) is 0 Å². The van der Waals surface area contributed by atoms with Gasteiger partial charge in [-0.1, -0.05) is 0 Å². The van der Waals surface area contributed by atoms with Gasteiger partial charge in [0.15, 0.2) is 16.7 Å². The van der Waals surface area contributed by atoms with Gasteiger partial charge < -0.3 is 62.1 Å². The lowest BCUT2D eigenvalue weighted by Crippen LogP contribution is -2.31. The van der Waals surface area contributed by atoms with Crippen LogP contribution in [0.25, 0.3) is 0 Å². The molecular weight excluding hydrogens is 932 g/mol. The molecule has 16 N–H and O–H groups in total. The molecule has 4 aromatic heterocycles. The van der Waals surface area contributed by atoms with Crippen LogP contribution in [0.3, 0.4) is 0 Å². The molecular formula is C32H48N12O16P4. The van der Waals surface area contributed by atoms with Crippen LogP contribution in [0.5, 0.6) is 0 Å². The highest BCUT2D eigenvalue weighted by molar-refractivity contribution is 7.61. The minimum absolute atomic E-state index is 0.0871. The van der Waals surface area contributed by atoms with Gasteiger partial charge in [0.2, 0.25) is 0 Å². The van der Waals surface area contributed by atoms with Gasteiger partial charge in [-0.05, 0) is 39.8 Å². The Morgan fingerprint density at radius 2 is 0.812 bits per heavy atom. The molecule has 0 radical (unpaired) electrons. The van der Waals surface area contributed by atoms with Crippen LogP contribution in [0.15, 0.2) is 49.3 Å². The van der Waals surface area contributed by atoms with Gasteiger partial charge in [-0.15, -0.1) is 10.2 Å². The molecule has 0 amide bonds. The molecule has 64 heavy (non-hydrogen) atoms. The summed E-state index contributed by atoms with van der Waals surface area (Å²) >= 11 is 0. The summed E-state index contributed by atoms with van der Waals surface area (Å²) in [6.07, 6.45) is 6.99. The number of Topliss-reactive ketones (excluding diaryl/α,β-unsaturated/α-hetero) is 4. The maximum absolute atomic E-state index is 10.9. The average molecular weight is 981 g/mol. The Labute approximate surface area is 363 Å². The number of pyridine rings is 1. The Bertz CT molecular complexity index is 2040. The molecule has 0 unspecified atom stereocenters. The molecule has 4 aromatic rings. The van der Waals surface area contributed by atoms with Gasteiger partial charge in [-0.25, -0.2) is 19.9 Å². The van der Waals surface area contributed by atoms with Crippen molar-refractivity contribution in [2.45, 2.75) is 77.5 Å². The summed E-state index contributed by atoms with van der Waals surface area (Å²) in [5.41, 5.74) is 22.0. The zero-order chi connectivity index (χ0) is 49.4. The van der Waals surface area contributed by atoms with Crippen LogP contribution in [0.1, 0.15) is 50.7 Å². The number of rotatable bonds is 16. The first-order valence-corrected chi connectivity index (χ1v) is 24.2. The number of nitrogens with zero attached hydrogens (tertiary/aromatic N) is 8. The number of aromatic nitrogens is 8. The van der Waals surface area contributed by atoms with Crippen molar-refractivity contribution in [2.75, 3.05) is 0 Å². The molecule has 352 valence electrons. The number of ketones is 4. The summed E-state index contributed by atoms with van der Waals surface area (Å²) in [7, 11) is -17.4. The highest BCUT2D eigenvalue weighted by Gasteiger charge is 2.23. The third-order valence-electron chi connectivity index (χ3n) is 7.81. The third-order valence-corrected chi connectivity index (χ3v) is 11.3. The Morgan fingerprint density at radius 1 is 0.438 bits per heavy atom. The highest BCUT2D eigenvalue weighted by Crippen LogP contribution is 2.33. The van der Waals surface area contributed by atoms with E-state index in [4.69, 9.17) is 62.1 Å². The number of nitrogens with two attached hydrogens (primary N) is 4. The van der Waals surface area contributed by atoms with E-state index in [1.165, 1.54) is 46.0 Å². The second-order valence-corrected chi connectivity index (χ2v) is 19.6.